The molecule has 1 aromatic rings. The van der Waals surface area contributed by atoms with E-state index in [1.807, 2.05) is 0 Å². The summed E-state index contributed by atoms with van der Waals surface area (Å²) >= 11 is 8.64. The highest BCUT2D eigenvalue weighted by atomic mass is 79.9. The van der Waals surface area contributed by atoms with Gasteiger partial charge in [-0.05, 0) is 34.1 Å². The Morgan fingerprint density at radius 1 is 1.67 bits per heavy atom. The van der Waals surface area contributed by atoms with Gasteiger partial charge >= 0.3 is 0 Å². The first-order chi connectivity index (χ1) is 7.08. The minimum atomic E-state index is -0.246. The predicted octanol–water partition coefficient (Wildman–Crippen LogP) is 2.92. The van der Waals surface area contributed by atoms with Crippen molar-refractivity contribution >= 4 is 39.5 Å². The number of hydrogen-bond acceptors (Lipinski definition) is 2. The van der Waals surface area contributed by atoms with E-state index >= 15 is 0 Å². The predicted molar refractivity (Wildman–Crippen MR) is 63.4 cm³/mol. The second kappa shape index (κ2) is 5.78. The van der Waals surface area contributed by atoms with Gasteiger partial charge in [0.1, 0.15) is 5.76 Å². The first kappa shape index (κ1) is 12.1. The summed E-state index contributed by atoms with van der Waals surface area (Å²) in [5, 5.41) is 2.94. The van der Waals surface area contributed by atoms with Crippen LogP contribution in [0.2, 0.25) is 0 Å². The topological polar surface area (TPSA) is 42.2 Å². The van der Waals surface area contributed by atoms with Crippen LogP contribution in [-0.4, -0.2) is 12.5 Å². The third-order valence-electron chi connectivity index (χ3n) is 1.45. The molecule has 1 aromatic heterocycles. The second-order valence-corrected chi connectivity index (χ2v) is 4.03. The van der Waals surface area contributed by atoms with Gasteiger partial charge in [0.15, 0.2) is 4.67 Å². The average molecular weight is 291 g/mol. The number of furan rings is 1. The summed E-state index contributed by atoms with van der Waals surface area (Å²) in [5.74, 6) is 0.353. The Labute approximate surface area is 101 Å². The number of carbonyl (C=O) groups is 1. The fourth-order valence-corrected chi connectivity index (χ4v) is 1.20. The molecular formula is C10H9BrClNO2. The zero-order valence-electron chi connectivity index (χ0n) is 7.80. The van der Waals surface area contributed by atoms with Crippen LogP contribution in [0.25, 0.3) is 6.08 Å². The van der Waals surface area contributed by atoms with Crippen LogP contribution in [0.3, 0.4) is 0 Å². The standard InChI is InChI=1S/C10H9BrClNO2/c1-7(12)6-13-10(14)5-3-8-2-4-9(11)15-8/h2-5H,1,6H2,(H,13,14)/b5-3+. The second-order valence-electron chi connectivity index (χ2n) is 2.71. The number of halogens is 2. The summed E-state index contributed by atoms with van der Waals surface area (Å²) in [7, 11) is 0. The van der Waals surface area contributed by atoms with E-state index in [4.69, 9.17) is 16.0 Å². The van der Waals surface area contributed by atoms with Crippen LogP contribution in [0.15, 0.2) is 38.9 Å². The van der Waals surface area contributed by atoms with Crippen LogP contribution < -0.4 is 5.32 Å². The lowest BCUT2D eigenvalue weighted by Crippen LogP contribution is -2.21. The molecule has 1 rings (SSSR count). The van der Waals surface area contributed by atoms with Gasteiger partial charge in [0.25, 0.3) is 0 Å². The molecule has 0 radical (unpaired) electrons. The van der Waals surface area contributed by atoms with E-state index in [9.17, 15) is 4.79 Å². The summed E-state index contributed by atoms with van der Waals surface area (Å²) in [5.41, 5.74) is 0. The summed E-state index contributed by atoms with van der Waals surface area (Å²) in [6.07, 6.45) is 2.93. The van der Waals surface area contributed by atoms with Gasteiger partial charge in [-0.3, -0.25) is 4.79 Å². The average Bonchev–Trinajstić information content (AvgIpc) is 2.58. The van der Waals surface area contributed by atoms with E-state index in [-0.39, 0.29) is 12.5 Å². The summed E-state index contributed by atoms with van der Waals surface area (Å²) in [4.78, 5) is 11.2. The van der Waals surface area contributed by atoms with E-state index < -0.39 is 0 Å². The first-order valence-corrected chi connectivity index (χ1v) is 5.29. The molecule has 0 aliphatic heterocycles. The molecule has 0 aromatic carbocycles. The van der Waals surface area contributed by atoms with Crippen molar-refractivity contribution in [1.29, 1.82) is 0 Å². The van der Waals surface area contributed by atoms with Gasteiger partial charge in [-0.25, -0.2) is 0 Å². The molecule has 3 nitrogen and oxygen atoms in total. The van der Waals surface area contributed by atoms with Gasteiger partial charge in [-0.1, -0.05) is 18.2 Å². The summed E-state index contributed by atoms with van der Waals surface area (Å²) < 4.78 is 5.79. The molecule has 0 aliphatic carbocycles. The Morgan fingerprint density at radius 3 is 2.93 bits per heavy atom. The molecule has 0 unspecified atom stereocenters. The first-order valence-electron chi connectivity index (χ1n) is 4.12. The van der Waals surface area contributed by atoms with Crippen molar-refractivity contribution < 1.29 is 9.21 Å². The Bertz CT molecular complexity index is 398. The number of nitrogens with one attached hydrogen (secondary N) is 1. The van der Waals surface area contributed by atoms with Crippen LogP contribution in [0.1, 0.15) is 5.76 Å². The van der Waals surface area contributed by atoms with E-state index in [1.165, 1.54) is 6.08 Å². The van der Waals surface area contributed by atoms with Crippen LogP contribution in [0, 0.1) is 0 Å². The minimum Gasteiger partial charge on any atom is -0.450 e. The van der Waals surface area contributed by atoms with Crippen molar-refractivity contribution in [3.63, 3.8) is 0 Å². The molecule has 80 valence electrons. The normalized spacial score (nSPS) is 10.5. The van der Waals surface area contributed by atoms with Crippen LogP contribution >= 0.6 is 27.5 Å². The van der Waals surface area contributed by atoms with Crippen molar-refractivity contribution in [2.75, 3.05) is 6.54 Å². The molecular weight excluding hydrogens is 281 g/mol. The Morgan fingerprint density at radius 2 is 2.40 bits per heavy atom. The van der Waals surface area contributed by atoms with Gasteiger partial charge in [0.2, 0.25) is 5.91 Å². The van der Waals surface area contributed by atoms with E-state index in [1.54, 1.807) is 18.2 Å². The zero-order valence-corrected chi connectivity index (χ0v) is 10.1. The Hall–Kier alpha value is -1.000. The molecule has 1 amide bonds. The van der Waals surface area contributed by atoms with Crippen molar-refractivity contribution in [1.82, 2.24) is 5.32 Å². The minimum absolute atomic E-state index is 0.246. The molecule has 0 aliphatic rings. The molecule has 0 bridgehead atoms. The molecule has 0 fully saturated rings. The summed E-state index contributed by atoms with van der Waals surface area (Å²) in [6.45, 7) is 3.71. The van der Waals surface area contributed by atoms with E-state index in [0.717, 1.165) is 0 Å². The number of amides is 1. The quantitative estimate of drug-likeness (QED) is 0.866. The molecule has 5 heteroatoms. The fraction of sp³-hybridized carbons (Fsp3) is 0.100. The van der Waals surface area contributed by atoms with Crippen LogP contribution in [-0.2, 0) is 4.79 Å². The lowest BCUT2D eigenvalue weighted by Gasteiger charge is -1.97. The molecule has 15 heavy (non-hydrogen) atoms. The molecule has 0 atom stereocenters. The SMILES string of the molecule is C=C(Cl)CNC(=O)/C=C/c1ccc(Br)o1. The third-order valence-corrected chi connectivity index (χ3v) is 2.01. The molecule has 1 heterocycles. The Kier molecular flexibility index (Phi) is 4.65. The summed E-state index contributed by atoms with van der Waals surface area (Å²) in [6, 6.07) is 3.49. The van der Waals surface area contributed by atoms with E-state index in [0.29, 0.717) is 15.5 Å². The van der Waals surface area contributed by atoms with Crippen molar-refractivity contribution in [2.24, 2.45) is 0 Å². The maximum atomic E-state index is 11.2. The zero-order chi connectivity index (χ0) is 11.3. The highest BCUT2D eigenvalue weighted by Crippen LogP contribution is 2.14. The molecule has 0 saturated heterocycles. The highest BCUT2D eigenvalue weighted by molar-refractivity contribution is 9.10. The number of carbonyl (C=O) groups excluding carboxylic acids is 1. The van der Waals surface area contributed by atoms with Crippen molar-refractivity contribution in [3.8, 4) is 0 Å². The fourth-order valence-electron chi connectivity index (χ4n) is 0.818. The van der Waals surface area contributed by atoms with Gasteiger partial charge in [-0.15, -0.1) is 0 Å². The number of hydrogen-bond donors (Lipinski definition) is 1. The smallest absolute Gasteiger partial charge is 0.244 e. The number of rotatable bonds is 4. The molecule has 0 saturated carbocycles. The van der Waals surface area contributed by atoms with Gasteiger partial charge in [-0.2, -0.15) is 0 Å². The lowest BCUT2D eigenvalue weighted by molar-refractivity contribution is -0.116. The van der Waals surface area contributed by atoms with Gasteiger partial charge in [0.05, 0.1) is 6.54 Å². The van der Waals surface area contributed by atoms with Crippen LogP contribution in [0.5, 0.6) is 0 Å². The highest BCUT2D eigenvalue weighted by Gasteiger charge is 1.97. The maximum Gasteiger partial charge on any atom is 0.244 e. The van der Waals surface area contributed by atoms with Gasteiger partial charge < -0.3 is 9.73 Å². The lowest BCUT2D eigenvalue weighted by atomic mass is 10.4. The van der Waals surface area contributed by atoms with E-state index in [2.05, 4.69) is 27.8 Å². The van der Waals surface area contributed by atoms with Crippen LogP contribution in [0.4, 0.5) is 0 Å². The molecule has 1 N–H and O–H groups in total. The van der Waals surface area contributed by atoms with Gasteiger partial charge in [0, 0.05) is 11.1 Å². The Balaban J connectivity index is 2.44. The van der Waals surface area contributed by atoms with Crippen molar-refractivity contribution in [3.05, 3.63) is 40.2 Å². The van der Waals surface area contributed by atoms with Crippen molar-refractivity contribution in [2.45, 2.75) is 0 Å². The monoisotopic (exact) mass is 289 g/mol. The largest absolute Gasteiger partial charge is 0.450 e. The third kappa shape index (κ3) is 4.85. The maximum absolute atomic E-state index is 11.2. The molecule has 0 spiro atoms.